The SMILES string of the molecule is CN1CCOc2cc(SCl)ccc21. The Kier molecular flexibility index (Phi) is 2.56. The van der Waals surface area contributed by atoms with Crippen molar-refractivity contribution in [3.05, 3.63) is 18.2 Å². The van der Waals surface area contributed by atoms with Crippen molar-refractivity contribution in [1.29, 1.82) is 0 Å². The summed E-state index contributed by atoms with van der Waals surface area (Å²) in [5, 5.41) is 0. The molecule has 0 spiro atoms. The van der Waals surface area contributed by atoms with Crippen LogP contribution in [-0.2, 0) is 0 Å². The molecule has 0 radical (unpaired) electrons. The number of anilines is 1. The topological polar surface area (TPSA) is 12.5 Å². The Balaban J connectivity index is 2.39. The van der Waals surface area contributed by atoms with Gasteiger partial charge in [0, 0.05) is 11.9 Å². The van der Waals surface area contributed by atoms with Crippen molar-refractivity contribution >= 4 is 27.3 Å². The fourth-order valence-corrected chi connectivity index (χ4v) is 1.95. The lowest BCUT2D eigenvalue weighted by Gasteiger charge is -2.27. The first-order valence-electron chi connectivity index (χ1n) is 4.08. The van der Waals surface area contributed by atoms with Gasteiger partial charge in [0.05, 0.1) is 12.2 Å². The summed E-state index contributed by atoms with van der Waals surface area (Å²) in [6.45, 7) is 1.69. The zero-order chi connectivity index (χ0) is 9.26. The predicted octanol–water partition coefficient (Wildman–Crippen LogP) is 2.76. The largest absolute Gasteiger partial charge is 0.490 e. The Bertz CT molecular complexity index is 318. The van der Waals surface area contributed by atoms with Gasteiger partial charge in [0.2, 0.25) is 0 Å². The highest BCUT2D eigenvalue weighted by molar-refractivity contribution is 8.21. The summed E-state index contributed by atoms with van der Waals surface area (Å²) < 4.78 is 5.52. The number of hydrogen-bond donors (Lipinski definition) is 0. The fourth-order valence-electron chi connectivity index (χ4n) is 1.39. The maximum atomic E-state index is 5.65. The minimum Gasteiger partial charge on any atom is -0.490 e. The molecule has 1 aromatic rings. The quantitative estimate of drug-likeness (QED) is 0.715. The predicted molar refractivity (Wildman–Crippen MR) is 56.9 cm³/mol. The van der Waals surface area contributed by atoms with E-state index in [1.165, 1.54) is 11.0 Å². The third-order valence-corrected chi connectivity index (χ3v) is 3.08. The molecule has 2 nitrogen and oxygen atoms in total. The molecule has 1 heterocycles. The van der Waals surface area contributed by atoms with Gasteiger partial charge in [-0.1, -0.05) is 0 Å². The van der Waals surface area contributed by atoms with Gasteiger partial charge in [0.25, 0.3) is 0 Å². The molecule has 1 aromatic carbocycles. The van der Waals surface area contributed by atoms with Crippen molar-refractivity contribution in [2.45, 2.75) is 4.90 Å². The van der Waals surface area contributed by atoms with Crippen molar-refractivity contribution in [3.63, 3.8) is 0 Å². The third kappa shape index (κ3) is 1.71. The van der Waals surface area contributed by atoms with Gasteiger partial charge in [-0.3, -0.25) is 0 Å². The second-order valence-electron chi connectivity index (χ2n) is 2.98. The summed E-state index contributed by atoms with van der Waals surface area (Å²) in [5.41, 5.74) is 1.14. The molecule has 13 heavy (non-hydrogen) atoms. The highest BCUT2D eigenvalue weighted by Gasteiger charge is 2.14. The van der Waals surface area contributed by atoms with E-state index in [9.17, 15) is 0 Å². The molecule has 0 unspecified atom stereocenters. The van der Waals surface area contributed by atoms with Crippen LogP contribution < -0.4 is 9.64 Å². The number of rotatable bonds is 1. The summed E-state index contributed by atoms with van der Waals surface area (Å²) in [4.78, 5) is 3.21. The lowest BCUT2D eigenvalue weighted by molar-refractivity contribution is 0.310. The minimum atomic E-state index is 0.750. The van der Waals surface area contributed by atoms with Gasteiger partial charge in [0.1, 0.15) is 12.4 Å². The average molecular weight is 216 g/mol. The van der Waals surface area contributed by atoms with E-state index in [-0.39, 0.29) is 0 Å². The molecular formula is C9H10ClNOS. The van der Waals surface area contributed by atoms with Crippen molar-refractivity contribution in [2.24, 2.45) is 0 Å². The van der Waals surface area contributed by atoms with Crippen molar-refractivity contribution in [3.8, 4) is 5.75 Å². The standard InChI is InChI=1S/C9H10ClNOS/c1-11-4-5-12-9-6-7(13-10)2-3-8(9)11/h2-3,6H,4-5H2,1H3. The summed E-state index contributed by atoms with van der Waals surface area (Å²) in [5.74, 6) is 0.930. The van der Waals surface area contributed by atoms with Gasteiger partial charge >= 0.3 is 0 Å². The monoisotopic (exact) mass is 215 g/mol. The summed E-state index contributed by atoms with van der Waals surface area (Å²) in [6, 6.07) is 6.02. The molecule has 1 aliphatic heterocycles. The van der Waals surface area contributed by atoms with E-state index < -0.39 is 0 Å². The van der Waals surface area contributed by atoms with E-state index in [1.54, 1.807) is 0 Å². The molecule has 0 aliphatic carbocycles. The number of nitrogens with zero attached hydrogens (tertiary/aromatic N) is 1. The average Bonchev–Trinajstić information content (AvgIpc) is 2.18. The minimum absolute atomic E-state index is 0.750. The third-order valence-electron chi connectivity index (χ3n) is 2.12. The van der Waals surface area contributed by atoms with E-state index in [2.05, 4.69) is 11.9 Å². The molecular weight excluding hydrogens is 206 g/mol. The number of benzene rings is 1. The number of likely N-dealkylation sites (N-methyl/N-ethyl adjacent to an activating group) is 1. The van der Waals surface area contributed by atoms with Gasteiger partial charge in [-0.25, -0.2) is 0 Å². The molecule has 0 N–H and O–H groups in total. The first-order valence-corrected chi connectivity index (χ1v) is 5.72. The molecule has 0 saturated heterocycles. The van der Waals surface area contributed by atoms with Crippen LogP contribution >= 0.6 is 21.7 Å². The van der Waals surface area contributed by atoms with Gasteiger partial charge in [-0.15, -0.1) is 0 Å². The van der Waals surface area contributed by atoms with Gasteiger partial charge in [0.15, 0.2) is 0 Å². The van der Waals surface area contributed by atoms with Crippen molar-refractivity contribution in [1.82, 2.24) is 0 Å². The number of hydrogen-bond acceptors (Lipinski definition) is 3. The van der Waals surface area contributed by atoms with Crippen molar-refractivity contribution < 1.29 is 4.74 Å². The molecule has 0 bridgehead atoms. The molecule has 1 aliphatic rings. The maximum Gasteiger partial charge on any atom is 0.143 e. The van der Waals surface area contributed by atoms with Crippen LogP contribution in [0.4, 0.5) is 5.69 Å². The zero-order valence-electron chi connectivity index (χ0n) is 7.29. The maximum absolute atomic E-state index is 5.65. The lowest BCUT2D eigenvalue weighted by Crippen LogP contribution is -2.28. The second kappa shape index (κ2) is 3.68. The summed E-state index contributed by atoms with van der Waals surface area (Å²) >= 11 is 0. The van der Waals surface area contributed by atoms with Crippen LogP contribution in [0, 0.1) is 0 Å². The molecule has 0 amide bonds. The highest BCUT2D eigenvalue weighted by atomic mass is 35.7. The first kappa shape index (κ1) is 9.03. The van der Waals surface area contributed by atoms with Crippen LogP contribution in [0.2, 0.25) is 0 Å². The van der Waals surface area contributed by atoms with Crippen LogP contribution in [0.1, 0.15) is 0 Å². The van der Waals surface area contributed by atoms with Crippen LogP contribution in [0.15, 0.2) is 23.1 Å². The van der Waals surface area contributed by atoms with Crippen LogP contribution in [0.5, 0.6) is 5.75 Å². The van der Waals surface area contributed by atoms with Gasteiger partial charge in [-0.2, -0.15) is 0 Å². The molecule has 0 atom stereocenters. The van der Waals surface area contributed by atoms with Gasteiger partial charge in [-0.05, 0) is 39.9 Å². The Labute approximate surface area is 86.3 Å². The molecule has 0 aromatic heterocycles. The van der Waals surface area contributed by atoms with Crippen LogP contribution in [0.3, 0.4) is 0 Å². The van der Waals surface area contributed by atoms with Crippen molar-refractivity contribution in [2.75, 3.05) is 25.1 Å². The number of fused-ring (bicyclic) bond motifs is 1. The van der Waals surface area contributed by atoms with E-state index in [0.717, 1.165) is 29.5 Å². The summed E-state index contributed by atoms with van der Waals surface area (Å²) in [7, 11) is 8.93. The molecule has 0 fully saturated rings. The number of halogens is 1. The Hall–Kier alpha value is -0.540. The lowest BCUT2D eigenvalue weighted by atomic mass is 10.2. The Morgan fingerprint density at radius 1 is 1.54 bits per heavy atom. The molecule has 2 rings (SSSR count). The highest BCUT2D eigenvalue weighted by Crippen LogP contribution is 2.35. The van der Waals surface area contributed by atoms with Crippen LogP contribution in [-0.4, -0.2) is 20.2 Å². The zero-order valence-corrected chi connectivity index (χ0v) is 8.86. The molecule has 4 heteroatoms. The summed E-state index contributed by atoms with van der Waals surface area (Å²) in [6.07, 6.45) is 0. The van der Waals surface area contributed by atoms with E-state index in [4.69, 9.17) is 15.4 Å². The molecule has 0 saturated carbocycles. The van der Waals surface area contributed by atoms with Crippen LogP contribution in [0.25, 0.3) is 0 Å². The van der Waals surface area contributed by atoms with Gasteiger partial charge < -0.3 is 9.64 Å². The normalized spacial score (nSPS) is 15.1. The van der Waals surface area contributed by atoms with E-state index in [1.807, 2.05) is 18.2 Å². The first-order chi connectivity index (χ1) is 6.31. The van der Waals surface area contributed by atoms with E-state index in [0.29, 0.717) is 0 Å². The smallest absolute Gasteiger partial charge is 0.143 e. The Morgan fingerprint density at radius 3 is 3.15 bits per heavy atom. The molecule has 70 valence electrons. The van der Waals surface area contributed by atoms with E-state index >= 15 is 0 Å². The fraction of sp³-hybridized carbons (Fsp3) is 0.333. The number of ether oxygens (including phenoxy) is 1. The second-order valence-corrected chi connectivity index (χ2v) is 4.07. The Morgan fingerprint density at radius 2 is 2.38 bits per heavy atom.